The molecule has 11 aromatic rings. The van der Waals surface area contributed by atoms with E-state index in [-0.39, 0.29) is 0 Å². The van der Waals surface area contributed by atoms with Crippen molar-refractivity contribution < 1.29 is 4.42 Å². The third-order valence-electron chi connectivity index (χ3n) is 11.5. The topological polar surface area (TPSA) is 16.4 Å². The minimum Gasteiger partial charge on any atom is -0.455 e. The van der Waals surface area contributed by atoms with Crippen LogP contribution in [0.2, 0.25) is 0 Å². The number of hydrogen-bond donors (Lipinski definition) is 0. The van der Waals surface area contributed by atoms with Crippen molar-refractivity contribution in [1.82, 2.24) is 0 Å². The first-order chi connectivity index (χ1) is 28.8. The van der Waals surface area contributed by atoms with E-state index in [2.05, 4.69) is 229 Å². The Morgan fingerprint density at radius 1 is 0.310 bits per heavy atom. The maximum Gasteiger partial charge on any atom is 0.145 e. The number of rotatable bonds is 7. The van der Waals surface area contributed by atoms with E-state index in [9.17, 15) is 0 Å². The largest absolute Gasteiger partial charge is 0.455 e. The molecule has 0 bridgehead atoms. The molecule has 0 N–H and O–H groups in total. The summed E-state index contributed by atoms with van der Waals surface area (Å²) in [6.07, 6.45) is 0. The molecule has 1 heterocycles. The summed E-state index contributed by atoms with van der Waals surface area (Å²) in [6, 6.07) is 80.7. The lowest BCUT2D eigenvalue weighted by Gasteiger charge is -2.29. The normalized spacial score (nSPS) is 11.4. The first-order valence-electron chi connectivity index (χ1n) is 19.8. The van der Waals surface area contributed by atoms with E-state index in [1.807, 2.05) is 0 Å². The molecule has 1 aromatic heterocycles. The Kier molecular flexibility index (Phi) is 8.19. The maximum absolute atomic E-state index is 6.94. The zero-order valence-electron chi connectivity index (χ0n) is 31.7. The van der Waals surface area contributed by atoms with Gasteiger partial charge in [0.15, 0.2) is 0 Å². The lowest BCUT2D eigenvalue weighted by atomic mass is 9.93. The van der Waals surface area contributed by atoms with Gasteiger partial charge in [-0.15, -0.1) is 0 Å². The van der Waals surface area contributed by atoms with Gasteiger partial charge >= 0.3 is 0 Å². The number of para-hydroxylation sites is 2. The molecule has 0 aliphatic heterocycles. The Hall–Kier alpha value is -7.68. The van der Waals surface area contributed by atoms with Gasteiger partial charge in [0.05, 0.1) is 16.8 Å². The summed E-state index contributed by atoms with van der Waals surface area (Å²) in [5.74, 6) is 0. The molecule has 10 aromatic carbocycles. The van der Waals surface area contributed by atoms with E-state index < -0.39 is 0 Å². The summed E-state index contributed by atoms with van der Waals surface area (Å²) < 4.78 is 6.94. The van der Waals surface area contributed by atoms with Crippen LogP contribution in [0.5, 0.6) is 0 Å². The lowest BCUT2D eigenvalue weighted by Crippen LogP contribution is -2.12. The highest BCUT2D eigenvalue weighted by Crippen LogP contribution is 2.49. The summed E-state index contributed by atoms with van der Waals surface area (Å²) in [5.41, 5.74) is 14.1. The summed E-state index contributed by atoms with van der Waals surface area (Å²) in [6.45, 7) is 0. The molecule has 0 unspecified atom stereocenters. The van der Waals surface area contributed by atoms with E-state index in [0.29, 0.717) is 0 Å². The molecule has 0 saturated carbocycles. The van der Waals surface area contributed by atoms with E-state index in [0.717, 1.165) is 66.8 Å². The van der Waals surface area contributed by atoms with Crippen molar-refractivity contribution >= 4 is 60.5 Å². The van der Waals surface area contributed by atoms with E-state index in [1.165, 1.54) is 38.2 Å². The van der Waals surface area contributed by atoms with E-state index in [4.69, 9.17) is 4.42 Å². The molecule has 272 valence electrons. The van der Waals surface area contributed by atoms with Gasteiger partial charge in [-0.2, -0.15) is 0 Å². The van der Waals surface area contributed by atoms with Crippen LogP contribution >= 0.6 is 0 Å². The molecule has 2 heteroatoms. The molecule has 0 aliphatic rings. The third kappa shape index (κ3) is 5.74. The minimum atomic E-state index is 0.861. The number of nitrogens with zero attached hydrogens (tertiary/aromatic N) is 1. The second-order valence-corrected chi connectivity index (χ2v) is 14.8. The molecule has 11 rings (SSSR count). The van der Waals surface area contributed by atoms with Crippen molar-refractivity contribution in [1.29, 1.82) is 0 Å². The highest BCUT2D eigenvalue weighted by Gasteiger charge is 2.25. The second-order valence-electron chi connectivity index (χ2n) is 14.8. The van der Waals surface area contributed by atoms with Crippen LogP contribution in [-0.4, -0.2) is 0 Å². The predicted molar refractivity (Wildman–Crippen MR) is 245 cm³/mol. The fraction of sp³-hybridized carbons (Fsp3) is 0. The van der Waals surface area contributed by atoms with Gasteiger partial charge in [-0.25, -0.2) is 0 Å². The minimum absolute atomic E-state index is 0.861. The molecule has 0 amide bonds. The van der Waals surface area contributed by atoms with Crippen molar-refractivity contribution in [2.45, 2.75) is 0 Å². The number of furan rings is 1. The van der Waals surface area contributed by atoms with Crippen LogP contribution in [0.25, 0.3) is 88.0 Å². The zero-order valence-corrected chi connectivity index (χ0v) is 31.7. The Balaban J connectivity index is 1.20. The first-order valence-corrected chi connectivity index (χ1v) is 19.8. The second kappa shape index (κ2) is 14.1. The molecule has 0 atom stereocenters. The molecular weight excluding hydrogens is 703 g/mol. The Bertz CT molecular complexity index is 3300. The molecule has 58 heavy (non-hydrogen) atoms. The number of hydrogen-bond acceptors (Lipinski definition) is 2. The Morgan fingerprint density at radius 2 is 0.914 bits per heavy atom. The predicted octanol–water partition coefficient (Wildman–Crippen LogP) is 16.0. The molecule has 0 aliphatic carbocycles. The summed E-state index contributed by atoms with van der Waals surface area (Å²) in [7, 11) is 0. The smallest absolute Gasteiger partial charge is 0.145 e. The third-order valence-corrected chi connectivity index (χ3v) is 11.5. The van der Waals surface area contributed by atoms with Gasteiger partial charge in [0.1, 0.15) is 11.2 Å². The van der Waals surface area contributed by atoms with E-state index >= 15 is 0 Å². The quantitative estimate of drug-likeness (QED) is 0.162. The summed E-state index contributed by atoms with van der Waals surface area (Å²) in [5, 5.41) is 6.98. The number of fused-ring (bicyclic) bond motifs is 5. The highest BCUT2D eigenvalue weighted by molar-refractivity contribution is 6.19. The van der Waals surface area contributed by atoms with Crippen molar-refractivity contribution in [3.8, 4) is 44.5 Å². The summed E-state index contributed by atoms with van der Waals surface area (Å²) >= 11 is 0. The fourth-order valence-corrected chi connectivity index (χ4v) is 8.76. The molecule has 0 fully saturated rings. The van der Waals surface area contributed by atoms with Gasteiger partial charge in [0.2, 0.25) is 0 Å². The van der Waals surface area contributed by atoms with Crippen LogP contribution < -0.4 is 4.90 Å². The molecule has 2 nitrogen and oxygen atoms in total. The monoisotopic (exact) mass is 739 g/mol. The molecule has 0 saturated heterocycles. The van der Waals surface area contributed by atoms with Crippen LogP contribution in [0.3, 0.4) is 0 Å². The van der Waals surface area contributed by atoms with Crippen LogP contribution in [0, 0.1) is 0 Å². The van der Waals surface area contributed by atoms with Crippen LogP contribution in [0.4, 0.5) is 17.1 Å². The first kappa shape index (κ1) is 33.6. The average Bonchev–Trinajstić information content (AvgIpc) is 3.70. The Labute approximate surface area is 337 Å². The van der Waals surface area contributed by atoms with E-state index in [1.54, 1.807) is 0 Å². The fourth-order valence-electron chi connectivity index (χ4n) is 8.76. The van der Waals surface area contributed by atoms with Crippen LogP contribution in [-0.2, 0) is 0 Å². The summed E-state index contributed by atoms with van der Waals surface area (Å²) in [4.78, 5) is 2.44. The van der Waals surface area contributed by atoms with Crippen molar-refractivity contribution in [2.24, 2.45) is 0 Å². The average molecular weight is 740 g/mol. The van der Waals surface area contributed by atoms with Crippen LogP contribution in [0.15, 0.2) is 229 Å². The van der Waals surface area contributed by atoms with Crippen molar-refractivity contribution in [2.75, 3.05) is 4.90 Å². The standard InChI is InChI=1S/C56H37NO/c1-2-17-39(18-3-1)45-24-8-9-26-47(45)42-22-14-23-44(37-42)57(52-30-12-10-27-48(52)43-33-32-38-16-4-5-20-41(38)36-43)53-35-34-50(49-29-15-21-40-19-6-7-25-46(40)49)56-55(53)51-28-11-13-31-54(51)58-56/h1-37H. The highest BCUT2D eigenvalue weighted by atomic mass is 16.3. The SMILES string of the molecule is c1ccc(-c2ccccc2-c2cccc(N(c3ccccc3-c3ccc4ccccc4c3)c3ccc(-c4cccc5ccccc45)c4oc5ccccc5c34)c2)cc1. The molecule has 0 spiro atoms. The van der Waals surface area contributed by atoms with Gasteiger partial charge in [-0.05, 0) is 97.4 Å². The maximum atomic E-state index is 6.94. The van der Waals surface area contributed by atoms with Gasteiger partial charge in [0.25, 0.3) is 0 Å². The van der Waals surface area contributed by atoms with Gasteiger partial charge in [0, 0.05) is 22.2 Å². The molecule has 0 radical (unpaired) electrons. The van der Waals surface area contributed by atoms with Gasteiger partial charge < -0.3 is 9.32 Å². The number of anilines is 3. The molecular formula is C56H37NO. The lowest BCUT2D eigenvalue weighted by molar-refractivity contribution is 0.670. The van der Waals surface area contributed by atoms with Crippen molar-refractivity contribution in [3.63, 3.8) is 0 Å². The van der Waals surface area contributed by atoms with Gasteiger partial charge in [-0.1, -0.05) is 182 Å². The number of benzene rings is 10. The van der Waals surface area contributed by atoms with Gasteiger partial charge in [-0.3, -0.25) is 0 Å². The Morgan fingerprint density at radius 3 is 1.78 bits per heavy atom. The van der Waals surface area contributed by atoms with Crippen LogP contribution in [0.1, 0.15) is 0 Å². The van der Waals surface area contributed by atoms with Crippen molar-refractivity contribution in [3.05, 3.63) is 224 Å². The zero-order chi connectivity index (χ0) is 38.4.